The van der Waals surface area contributed by atoms with E-state index in [1.807, 2.05) is 42.5 Å². The number of carbonyl (C=O) groups is 2. The third kappa shape index (κ3) is 5.31. The van der Waals surface area contributed by atoms with Crippen LogP contribution in [0.5, 0.6) is 0 Å². The Hall–Kier alpha value is -3.49. The molecule has 3 rings (SSSR count). The first kappa shape index (κ1) is 21.2. The molecule has 0 fully saturated rings. The molecule has 0 atom stereocenters. The molecular formula is C22H20N2O5S. The molecule has 0 radical (unpaired) electrons. The summed E-state index contributed by atoms with van der Waals surface area (Å²) >= 11 is 0. The monoisotopic (exact) mass is 424 g/mol. The highest BCUT2D eigenvalue weighted by molar-refractivity contribution is 7.89. The van der Waals surface area contributed by atoms with E-state index in [1.54, 1.807) is 12.1 Å². The Bertz CT molecular complexity index is 1130. The van der Waals surface area contributed by atoms with E-state index in [2.05, 4.69) is 14.8 Å². The maximum absolute atomic E-state index is 12.5. The van der Waals surface area contributed by atoms with E-state index < -0.39 is 22.5 Å². The second-order valence-corrected chi connectivity index (χ2v) is 8.09. The highest BCUT2D eigenvalue weighted by Crippen LogP contribution is 2.20. The molecule has 3 aromatic rings. The van der Waals surface area contributed by atoms with Crippen molar-refractivity contribution in [1.82, 2.24) is 4.72 Å². The van der Waals surface area contributed by atoms with Gasteiger partial charge in [-0.3, -0.25) is 9.59 Å². The number of nitrogens with one attached hydrogen (secondary N) is 2. The van der Waals surface area contributed by atoms with Crippen LogP contribution in [0.25, 0.3) is 11.1 Å². The lowest BCUT2D eigenvalue weighted by Crippen LogP contribution is -2.30. The number of methoxy groups -OCH3 is 1. The Labute approximate surface area is 174 Å². The van der Waals surface area contributed by atoms with Gasteiger partial charge in [-0.1, -0.05) is 42.5 Å². The molecule has 3 aromatic carbocycles. The van der Waals surface area contributed by atoms with Gasteiger partial charge in [0, 0.05) is 11.3 Å². The smallest absolute Gasteiger partial charge is 0.320 e. The first-order valence-corrected chi connectivity index (χ1v) is 10.5. The second-order valence-electron chi connectivity index (χ2n) is 6.32. The fraction of sp³-hybridized carbons (Fsp3) is 0.0909. The summed E-state index contributed by atoms with van der Waals surface area (Å²) in [5.74, 6) is -1.00. The third-order valence-corrected chi connectivity index (χ3v) is 5.73. The molecule has 0 aliphatic carbocycles. The zero-order valence-electron chi connectivity index (χ0n) is 16.2. The Balaban J connectivity index is 1.65. The third-order valence-electron chi connectivity index (χ3n) is 4.31. The molecule has 8 heteroatoms. The first-order valence-electron chi connectivity index (χ1n) is 9.02. The normalized spacial score (nSPS) is 11.0. The van der Waals surface area contributed by atoms with Gasteiger partial charge in [-0.15, -0.1) is 0 Å². The predicted octanol–water partition coefficient (Wildman–Crippen LogP) is 3.06. The van der Waals surface area contributed by atoms with Crippen molar-refractivity contribution in [2.24, 2.45) is 0 Å². The van der Waals surface area contributed by atoms with Gasteiger partial charge in [0.25, 0.3) is 5.91 Å². The number of rotatable bonds is 7. The van der Waals surface area contributed by atoms with Gasteiger partial charge in [0.2, 0.25) is 10.0 Å². The molecule has 0 aliphatic heterocycles. The molecule has 0 bridgehead atoms. The minimum Gasteiger partial charge on any atom is -0.468 e. The number of anilines is 1. The van der Waals surface area contributed by atoms with Gasteiger partial charge in [-0.05, 0) is 47.5 Å². The highest BCUT2D eigenvalue weighted by Gasteiger charge is 2.16. The number of amides is 1. The number of carbonyl (C=O) groups excluding carboxylic acids is 2. The van der Waals surface area contributed by atoms with Gasteiger partial charge >= 0.3 is 5.97 Å². The van der Waals surface area contributed by atoms with Crippen molar-refractivity contribution in [3.8, 4) is 11.1 Å². The number of hydrogen-bond donors (Lipinski definition) is 2. The van der Waals surface area contributed by atoms with Crippen LogP contribution in [0.15, 0.2) is 83.8 Å². The van der Waals surface area contributed by atoms with Crippen LogP contribution in [-0.4, -0.2) is 33.9 Å². The molecule has 0 unspecified atom stereocenters. The Kier molecular flexibility index (Phi) is 6.61. The van der Waals surface area contributed by atoms with Crippen LogP contribution in [0.1, 0.15) is 10.4 Å². The molecule has 7 nitrogen and oxygen atoms in total. The van der Waals surface area contributed by atoms with Crippen molar-refractivity contribution in [3.63, 3.8) is 0 Å². The zero-order chi connectivity index (χ0) is 21.6. The summed E-state index contributed by atoms with van der Waals surface area (Å²) in [7, 11) is -2.69. The van der Waals surface area contributed by atoms with Crippen LogP contribution in [-0.2, 0) is 19.6 Å². The standard InChI is InChI=1S/C22H20N2O5S/c1-29-21(25)15-23-30(27,28)20-13-11-19(12-14-20)24-22(26)18-9-7-17(8-10-18)16-5-3-2-4-6-16/h2-14,23H,15H2,1H3,(H,24,26). The maximum Gasteiger partial charge on any atom is 0.320 e. The molecule has 0 saturated carbocycles. The average Bonchev–Trinajstić information content (AvgIpc) is 2.78. The molecular weight excluding hydrogens is 404 g/mol. The lowest BCUT2D eigenvalue weighted by Gasteiger charge is -2.09. The van der Waals surface area contributed by atoms with Crippen LogP contribution >= 0.6 is 0 Å². The molecule has 0 spiro atoms. The SMILES string of the molecule is COC(=O)CNS(=O)(=O)c1ccc(NC(=O)c2ccc(-c3ccccc3)cc2)cc1. The number of sulfonamides is 1. The molecule has 0 aliphatic rings. The first-order chi connectivity index (χ1) is 14.4. The molecule has 0 heterocycles. The van der Waals surface area contributed by atoms with E-state index in [1.165, 1.54) is 31.4 Å². The van der Waals surface area contributed by atoms with E-state index in [4.69, 9.17) is 0 Å². The van der Waals surface area contributed by atoms with Crippen molar-refractivity contribution >= 4 is 27.6 Å². The van der Waals surface area contributed by atoms with Crippen molar-refractivity contribution in [2.75, 3.05) is 19.0 Å². The van der Waals surface area contributed by atoms with E-state index in [9.17, 15) is 18.0 Å². The molecule has 154 valence electrons. The summed E-state index contributed by atoms with van der Waals surface area (Å²) < 4.78 is 30.8. The number of esters is 1. The number of benzene rings is 3. The Morgan fingerprint density at radius 1 is 0.833 bits per heavy atom. The molecule has 1 amide bonds. The molecule has 0 saturated heterocycles. The lowest BCUT2D eigenvalue weighted by atomic mass is 10.0. The molecule has 0 aromatic heterocycles. The van der Waals surface area contributed by atoms with E-state index >= 15 is 0 Å². The summed E-state index contributed by atoms with van der Waals surface area (Å²) in [5, 5.41) is 2.73. The maximum atomic E-state index is 12.5. The molecule has 30 heavy (non-hydrogen) atoms. The van der Waals surface area contributed by atoms with Crippen LogP contribution in [0, 0.1) is 0 Å². The highest BCUT2D eigenvalue weighted by atomic mass is 32.2. The topological polar surface area (TPSA) is 102 Å². The Morgan fingerprint density at radius 3 is 2.03 bits per heavy atom. The van der Waals surface area contributed by atoms with Crippen molar-refractivity contribution in [2.45, 2.75) is 4.90 Å². The largest absolute Gasteiger partial charge is 0.468 e. The quantitative estimate of drug-likeness (QED) is 0.568. The summed E-state index contributed by atoms with van der Waals surface area (Å²) in [5.41, 5.74) is 2.98. The summed E-state index contributed by atoms with van der Waals surface area (Å²) in [6.45, 7) is -0.462. The van der Waals surface area contributed by atoms with E-state index in [-0.39, 0.29) is 10.8 Å². The van der Waals surface area contributed by atoms with Crippen LogP contribution in [0.2, 0.25) is 0 Å². The summed E-state index contributed by atoms with van der Waals surface area (Å²) in [6, 6.07) is 22.6. The van der Waals surface area contributed by atoms with Crippen LogP contribution in [0.4, 0.5) is 5.69 Å². The lowest BCUT2D eigenvalue weighted by molar-refractivity contribution is -0.139. The zero-order valence-corrected chi connectivity index (χ0v) is 17.0. The van der Waals surface area contributed by atoms with Gasteiger partial charge in [-0.2, -0.15) is 4.72 Å². The van der Waals surface area contributed by atoms with E-state index in [0.29, 0.717) is 11.3 Å². The van der Waals surface area contributed by atoms with E-state index in [0.717, 1.165) is 11.1 Å². The minimum absolute atomic E-state index is 0.0309. The fourth-order valence-corrected chi connectivity index (χ4v) is 3.64. The minimum atomic E-state index is -3.86. The number of ether oxygens (including phenoxy) is 1. The average molecular weight is 424 g/mol. The van der Waals surface area contributed by atoms with Gasteiger partial charge < -0.3 is 10.1 Å². The van der Waals surface area contributed by atoms with Crippen molar-refractivity contribution in [3.05, 3.63) is 84.4 Å². The van der Waals surface area contributed by atoms with Gasteiger partial charge in [0.15, 0.2) is 0 Å². The second kappa shape index (κ2) is 9.34. The predicted molar refractivity (Wildman–Crippen MR) is 113 cm³/mol. The van der Waals surface area contributed by atoms with Crippen LogP contribution in [0.3, 0.4) is 0 Å². The van der Waals surface area contributed by atoms with Gasteiger partial charge in [0.05, 0.1) is 12.0 Å². The van der Waals surface area contributed by atoms with Crippen molar-refractivity contribution in [1.29, 1.82) is 0 Å². The van der Waals surface area contributed by atoms with Crippen LogP contribution < -0.4 is 10.0 Å². The summed E-state index contributed by atoms with van der Waals surface area (Å²) in [6.07, 6.45) is 0. The fourth-order valence-electron chi connectivity index (χ4n) is 2.67. The Morgan fingerprint density at radius 2 is 1.43 bits per heavy atom. The summed E-state index contributed by atoms with van der Waals surface area (Å²) in [4.78, 5) is 23.5. The van der Waals surface area contributed by atoms with Gasteiger partial charge in [-0.25, -0.2) is 8.42 Å². The van der Waals surface area contributed by atoms with Crippen molar-refractivity contribution < 1.29 is 22.7 Å². The van der Waals surface area contributed by atoms with Gasteiger partial charge in [0.1, 0.15) is 6.54 Å². The molecule has 2 N–H and O–H groups in total. The number of hydrogen-bond acceptors (Lipinski definition) is 5.